The van der Waals surface area contributed by atoms with E-state index in [0.29, 0.717) is 26.1 Å². The smallest absolute Gasteiger partial charge is 0.238 e. The van der Waals surface area contributed by atoms with Gasteiger partial charge in [0.25, 0.3) is 0 Å². The van der Waals surface area contributed by atoms with Gasteiger partial charge in [0.2, 0.25) is 11.8 Å². The van der Waals surface area contributed by atoms with Crippen molar-refractivity contribution in [3.8, 4) is 0 Å². The Balaban J connectivity index is 1.14. The molecule has 1 fully saturated rings. The first-order chi connectivity index (χ1) is 16.0. The van der Waals surface area contributed by atoms with Crippen molar-refractivity contribution >= 4 is 40.3 Å². The van der Waals surface area contributed by atoms with E-state index in [2.05, 4.69) is 20.2 Å². The molecule has 0 bridgehead atoms. The number of carbonyl (C=O) groups excluding carboxylic acids is 2. The number of imidazole rings is 1. The molecular weight excluding hydrogens is 434 g/mol. The Labute approximate surface area is 198 Å². The molecule has 33 heavy (non-hydrogen) atoms. The summed E-state index contributed by atoms with van der Waals surface area (Å²) in [6, 6.07) is 13.9. The number of amides is 2. The first-order valence-electron chi connectivity index (χ1n) is 11.4. The molecule has 3 aromatic rings. The van der Waals surface area contributed by atoms with Crippen LogP contribution < -0.4 is 5.32 Å². The minimum atomic E-state index is -0.00825. The summed E-state index contributed by atoms with van der Waals surface area (Å²) in [5, 5.41) is 3.92. The number of nitrogens with one attached hydrogen (secondary N) is 2. The van der Waals surface area contributed by atoms with Crippen LogP contribution in [0.15, 0.2) is 47.6 Å². The molecule has 0 radical (unpaired) electrons. The number of H-pyrrole nitrogens is 1. The van der Waals surface area contributed by atoms with Gasteiger partial charge in [-0.3, -0.25) is 14.5 Å². The van der Waals surface area contributed by atoms with Crippen LogP contribution in [0, 0.1) is 13.8 Å². The molecule has 8 heteroatoms. The lowest BCUT2D eigenvalue weighted by atomic mass is 10.1. The number of aryl methyl sites for hydroxylation is 1. The number of fused-ring (bicyclic) bond motifs is 1. The summed E-state index contributed by atoms with van der Waals surface area (Å²) < 4.78 is 0. The highest BCUT2D eigenvalue weighted by Gasteiger charge is 2.22. The molecule has 4 rings (SSSR count). The van der Waals surface area contributed by atoms with Crippen molar-refractivity contribution < 1.29 is 9.59 Å². The highest BCUT2D eigenvalue weighted by Crippen LogP contribution is 2.21. The number of para-hydroxylation sites is 2. The summed E-state index contributed by atoms with van der Waals surface area (Å²) in [6.45, 7) is 7.20. The van der Waals surface area contributed by atoms with Crippen molar-refractivity contribution in [2.75, 3.05) is 43.8 Å². The maximum atomic E-state index is 12.6. The molecule has 1 saturated heterocycles. The number of rotatable bonds is 8. The van der Waals surface area contributed by atoms with E-state index in [1.54, 1.807) is 11.8 Å². The number of carbonyl (C=O) groups is 2. The number of aromatic amines is 1. The van der Waals surface area contributed by atoms with E-state index < -0.39 is 0 Å². The Bertz CT molecular complexity index is 1090. The molecule has 0 atom stereocenters. The first-order valence-corrected chi connectivity index (χ1v) is 12.4. The fourth-order valence-electron chi connectivity index (χ4n) is 3.98. The normalized spacial score (nSPS) is 14.5. The molecule has 2 heterocycles. The van der Waals surface area contributed by atoms with Gasteiger partial charge in [0.15, 0.2) is 5.16 Å². The number of anilines is 1. The van der Waals surface area contributed by atoms with Gasteiger partial charge in [-0.05, 0) is 49.6 Å². The predicted molar refractivity (Wildman–Crippen MR) is 134 cm³/mol. The number of piperazine rings is 1. The zero-order chi connectivity index (χ0) is 23.2. The third kappa shape index (κ3) is 6.15. The number of nitrogens with zero attached hydrogens (tertiary/aromatic N) is 3. The van der Waals surface area contributed by atoms with Crippen LogP contribution in [0.4, 0.5) is 5.69 Å². The molecule has 2 amide bonds. The van der Waals surface area contributed by atoms with Gasteiger partial charge < -0.3 is 15.2 Å². The predicted octanol–water partition coefficient (Wildman–Crippen LogP) is 3.83. The van der Waals surface area contributed by atoms with E-state index in [9.17, 15) is 9.59 Å². The van der Waals surface area contributed by atoms with Crippen LogP contribution in [0.1, 0.15) is 24.0 Å². The molecule has 1 aliphatic heterocycles. The Morgan fingerprint density at radius 3 is 2.64 bits per heavy atom. The lowest BCUT2D eigenvalue weighted by Crippen LogP contribution is -2.50. The second-order valence-electron chi connectivity index (χ2n) is 8.46. The zero-order valence-electron chi connectivity index (χ0n) is 19.3. The fraction of sp³-hybridized carbons (Fsp3) is 0.400. The minimum Gasteiger partial charge on any atom is -0.340 e. The molecule has 2 N–H and O–H groups in total. The van der Waals surface area contributed by atoms with Crippen LogP contribution in [0.3, 0.4) is 0 Å². The summed E-state index contributed by atoms with van der Waals surface area (Å²) in [5.74, 6) is 1.04. The maximum Gasteiger partial charge on any atom is 0.238 e. The number of hydrogen-bond acceptors (Lipinski definition) is 5. The van der Waals surface area contributed by atoms with Gasteiger partial charge in [0, 0.05) is 44.0 Å². The van der Waals surface area contributed by atoms with Crippen LogP contribution in [-0.2, 0) is 9.59 Å². The average Bonchev–Trinajstić information content (AvgIpc) is 3.23. The van der Waals surface area contributed by atoms with Crippen molar-refractivity contribution in [3.63, 3.8) is 0 Å². The van der Waals surface area contributed by atoms with E-state index >= 15 is 0 Å². The van der Waals surface area contributed by atoms with Gasteiger partial charge in [0.05, 0.1) is 17.6 Å². The third-order valence-corrected chi connectivity index (χ3v) is 7.07. The minimum absolute atomic E-state index is 0.00825. The quantitative estimate of drug-likeness (QED) is 0.390. The van der Waals surface area contributed by atoms with Crippen molar-refractivity contribution in [1.29, 1.82) is 0 Å². The molecular formula is C25H31N5O2S. The number of hydrogen-bond donors (Lipinski definition) is 2. The first kappa shape index (κ1) is 23.3. The van der Waals surface area contributed by atoms with E-state index in [-0.39, 0.29) is 11.8 Å². The molecule has 1 aliphatic rings. The van der Waals surface area contributed by atoms with Gasteiger partial charge in [-0.25, -0.2) is 4.98 Å². The molecule has 1 aromatic heterocycles. The third-order valence-electron chi connectivity index (χ3n) is 6.11. The van der Waals surface area contributed by atoms with Crippen LogP contribution >= 0.6 is 11.8 Å². The molecule has 0 aliphatic carbocycles. The summed E-state index contributed by atoms with van der Waals surface area (Å²) >= 11 is 1.65. The van der Waals surface area contributed by atoms with E-state index in [1.165, 1.54) is 0 Å². The van der Waals surface area contributed by atoms with Crippen molar-refractivity contribution in [2.45, 2.75) is 31.8 Å². The molecule has 0 saturated carbocycles. The number of aromatic nitrogens is 2. The van der Waals surface area contributed by atoms with E-state index in [4.69, 9.17) is 0 Å². The fourth-order valence-corrected chi connectivity index (χ4v) is 4.81. The Morgan fingerprint density at radius 2 is 1.85 bits per heavy atom. The lowest BCUT2D eigenvalue weighted by molar-refractivity contribution is -0.133. The van der Waals surface area contributed by atoms with Gasteiger partial charge in [-0.1, -0.05) is 36.0 Å². The molecule has 174 valence electrons. The lowest BCUT2D eigenvalue weighted by Gasteiger charge is -2.34. The van der Waals surface area contributed by atoms with Gasteiger partial charge >= 0.3 is 0 Å². The summed E-state index contributed by atoms with van der Waals surface area (Å²) in [5.41, 5.74) is 5.14. The van der Waals surface area contributed by atoms with Crippen LogP contribution in [0.25, 0.3) is 11.0 Å². The van der Waals surface area contributed by atoms with Crippen molar-refractivity contribution in [2.24, 2.45) is 0 Å². The van der Waals surface area contributed by atoms with Crippen LogP contribution in [0.5, 0.6) is 0 Å². The molecule has 7 nitrogen and oxygen atoms in total. The average molecular weight is 466 g/mol. The van der Waals surface area contributed by atoms with Crippen molar-refractivity contribution in [1.82, 2.24) is 19.8 Å². The SMILES string of the molecule is Cc1cccc(NC(=O)CN2CCN(C(=O)CCCSc3nc4ccccc4[nH]3)CC2)c1C. The second-order valence-corrected chi connectivity index (χ2v) is 9.55. The number of thioether (sulfide) groups is 1. The van der Waals surface area contributed by atoms with Crippen molar-refractivity contribution in [3.05, 3.63) is 53.6 Å². The Kier molecular flexibility index (Phi) is 7.67. The molecule has 0 unspecified atom stereocenters. The Morgan fingerprint density at radius 1 is 1.06 bits per heavy atom. The summed E-state index contributed by atoms with van der Waals surface area (Å²) in [4.78, 5) is 37.0. The van der Waals surface area contributed by atoms with Crippen LogP contribution in [0.2, 0.25) is 0 Å². The summed E-state index contributed by atoms with van der Waals surface area (Å²) in [6.07, 6.45) is 1.36. The van der Waals surface area contributed by atoms with Gasteiger partial charge in [-0.2, -0.15) is 0 Å². The van der Waals surface area contributed by atoms with E-state index in [0.717, 1.165) is 58.3 Å². The standard InChI is InChI=1S/C25H31N5O2S/c1-18-7-5-10-20(19(18)2)26-23(31)17-29-12-14-30(15-13-29)24(32)11-6-16-33-25-27-21-8-3-4-9-22(21)28-25/h3-5,7-10H,6,11-17H2,1-2H3,(H,26,31)(H,27,28). The Hall–Kier alpha value is -2.84. The monoisotopic (exact) mass is 465 g/mol. The highest BCUT2D eigenvalue weighted by atomic mass is 32.2. The van der Waals surface area contributed by atoms with E-state index in [1.807, 2.05) is 61.2 Å². The molecule has 2 aromatic carbocycles. The second kappa shape index (κ2) is 10.9. The zero-order valence-corrected chi connectivity index (χ0v) is 20.1. The maximum absolute atomic E-state index is 12.6. The largest absolute Gasteiger partial charge is 0.340 e. The number of benzene rings is 2. The van der Waals surface area contributed by atoms with Crippen LogP contribution in [-0.4, -0.2) is 70.1 Å². The topological polar surface area (TPSA) is 81.3 Å². The van der Waals surface area contributed by atoms with Gasteiger partial charge in [-0.15, -0.1) is 0 Å². The highest BCUT2D eigenvalue weighted by molar-refractivity contribution is 7.99. The molecule has 0 spiro atoms. The van der Waals surface area contributed by atoms with Gasteiger partial charge in [0.1, 0.15) is 0 Å². The summed E-state index contributed by atoms with van der Waals surface area (Å²) in [7, 11) is 0.